The van der Waals surface area contributed by atoms with E-state index in [9.17, 15) is 27.6 Å². The second-order valence-corrected chi connectivity index (χ2v) is 18.2. The fraction of sp³-hybridized carbons (Fsp3) is 0.600. The van der Waals surface area contributed by atoms with Gasteiger partial charge in [0.25, 0.3) is 5.91 Å². The number of rotatable bonds is 7. The molecule has 13 heteroatoms. The molecule has 2 aliphatic heterocycles. The van der Waals surface area contributed by atoms with E-state index in [1.807, 2.05) is 64.1 Å². The fourth-order valence-corrected chi connectivity index (χ4v) is 8.98. The van der Waals surface area contributed by atoms with Gasteiger partial charge in [-0.3, -0.25) is 19.1 Å². The molecule has 2 bridgehead atoms. The quantitative estimate of drug-likeness (QED) is 0.347. The monoisotopic (exact) mass is 750 g/mol. The zero-order valence-electron chi connectivity index (χ0n) is 31.3. The van der Waals surface area contributed by atoms with Gasteiger partial charge in [0, 0.05) is 6.42 Å². The van der Waals surface area contributed by atoms with Crippen LogP contribution < -0.4 is 20.1 Å². The number of nitrogens with zero attached hydrogens (tertiary/aromatic N) is 1. The first kappa shape index (κ1) is 38.6. The minimum absolute atomic E-state index is 0.0572. The summed E-state index contributed by atoms with van der Waals surface area (Å²) in [6, 6.07) is 14.1. The van der Waals surface area contributed by atoms with Crippen LogP contribution >= 0.6 is 0 Å². The van der Waals surface area contributed by atoms with Crippen LogP contribution in [0.3, 0.4) is 0 Å². The van der Waals surface area contributed by atoms with Crippen molar-refractivity contribution >= 4 is 33.8 Å². The number of cyclic esters (lactones) is 1. The summed E-state index contributed by atoms with van der Waals surface area (Å²) in [7, 11) is -3.85. The molecule has 288 valence electrons. The van der Waals surface area contributed by atoms with Crippen LogP contribution in [0.4, 0.5) is 4.79 Å². The van der Waals surface area contributed by atoms with Crippen LogP contribution in [-0.2, 0) is 35.6 Å². The van der Waals surface area contributed by atoms with Crippen LogP contribution in [0.25, 0.3) is 11.1 Å². The van der Waals surface area contributed by atoms with E-state index >= 15 is 0 Å². The molecule has 5 atom stereocenters. The average molecular weight is 751 g/mol. The summed E-state index contributed by atoms with van der Waals surface area (Å²) in [6.07, 6.45) is 5.98. The van der Waals surface area contributed by atoms with Crippen LogP contribution in [-0.4, -0.2) is 79.3 Å². The molecule has 2 heterocycles. The van der Waals surface area contributed by atoms with Crippen LogP contribution in [0.1, 0.15) is 97.5 Å². The number of nitrogens with one attached hydrogen (secondary N) is 3. The SMILES string of the molecule is CC[C@@H]1C[C@]1(NC(=O)[C@@H]1C[C@@H]2CN1C(=O)[C@H](C(C)(C)C)NC(=O)OCCCCCCCc1ccc(-c3ccccc3)cc1O2)C(=O)NS(=O)(=O)C1CC1. The molecule has 4 aliphatic rings. The van der Waals surface area contributed by atoms with Gasteiger partial charge in [-0.1, -0.05) is 95.8 Å². The number of benzene rings is 2. The Balaban J connectivity index is 1.32. The number of alkyl carbamates (subject to hydrolysis) is 1. The number of amides is 4. The van der Waals surface area contributed by atoms with Gasteiger partial charge in [-0.15, -0.1) is 0 Å². The third-order valence-corrected chi connectivity index (χ3v) is 12.9. The number of carbonyl (C=O) groups excluding carboxylic acids is 4. The molecular formula is C40H54N4O8S. The van der Waals surface area contributed by atoms with Crippen LogP contribution in [0.2, 0.25) is 0 Å². The van der Waals surface area contributed by atoms with E-state index in [0.29, 0.717) is 31.4 Å². The van der Waals surface area contributed by atoms with E-state index in [-0.39, 0.29) is 31.9 Å². The number of carbonyl (C=O) groups is 4. The number of fused-ring (bicyclic) bond motifs is 3. The standard InChI is InChI=1S/C40H54N4O8S/c1-5-29-24-40(29,37(47)43-53(49,50)31-19-20-31)42-35(45)32-23-30-25-44(32)36(46)34(39(2,3)4)41-38(48)51-21-13-8-6-7-10-16-27-17-18-28(22-33(27)52-30)26-14-11-9-12-15-26/h9,11-12,14-15,17-18,22,29-32,34H,5-8,10,13,16,19-21,23-25H2,1-4H3,(H,41,48)(H,42,45)(H,43,47)/t29-,30-,32+,34-,40-/m1/s1. The van der Waals surface area contributed by atoms with Gasteiger partial charge < -0.3 is 25.0 Å². The maximum Gasteiger partial charge on any atom is 0.407 e. The van der Waals surface area contributed by atoms with Crippen molar-refractivity contribution in [3.05, 3.63) is 54.1 Å². The Bertz CT molecular complexity index is 1790. The first-order valence-corrected chi connectivity index (χ1v) is 20.7. The van der Waals surface area contributed by atoms with Crippen molar-refractivity contribution < 1.29 is 37.1 Å². The Hall–Kier alpha value is -4.13. The summed E-state index contributed by atoms with van der Waals surface area (Å²) in [5.74, 6) is -1.36. The van der Waals surface area contributed by atoms with E-state index in [2.05, 4.69) is 27.5 Å². The molecule has 6 rings (SSSR count). The van der Waals surface area contributed by atoms with Crippen LogP contribution in [0.5, 0.6) is 5.75 Å². The lowest BCUT2D eigenvalue weighted by Gasteiger charge is -2.35. The summed E-state index contributed by atoms with van der Waals surface area (Å²) in [4.78, 5) is 56.9. The molecule has 2 aromatic carbocycles. The number of sulfonamides is 1. The average Bonchev–Trinajstić information content (AvgIpc) is 4.05. The summed E-state index contributed by atoms with van der Waals surface area (Å²) in [5.41, 5.74) is 0.894. The van der Waals surface area contributed by atoms with Crippen molar-refractivity contribution in [2.45, 2.75) is 127 Å². The summed E-state index contributed by atoms with van der Waals surface area (Å²) < 4.78 is 40.0. The molecule has 0 aromatic heterocycles. The van der Waals surface area contributed by atoms with Crippen molar-refractivity contribution in [2.24, 2.45) is 11.3 Å². The second kappa shape index (κ2) is 15.7. The van der Waals surface area contributed by atoms with Crippen LogP contribution in [0.15, 0.2) is 48.5 Å². The molecular weight excluding hydrogens is 697 g/mol. The largest absolute Gasteiger partial charge is 0.488 e. The fourth-order valence-electron chi connectivity index (χ4n) is 7.62. The lowest BCUT2D eigenvalue weighted by Crippen LogP contribution is -2.60. The van der Waals surface area contributed by atoms with E-state index in [4.69, 9.17) is 9.47 Å². The molecule has 2 saturated carbocycles. The predicted octanol–water partition coefficient (Wildman–Crippen LogP) is 5.24. The van der Waals surface area contributed by atoms with Crippen molar-refractivity contribution in [1.29, 1.82) is 0 Å². The Morgan fingerprint density at radius 1 is 0.981 bits per heavy atom. The predicted molar refractivity (Wildman–Crippen MR) is 200 cm³/mol. The van der Waals surface area contributed by atoms with Crippen LogP contribution in [0, 0.1) is 11.3 Å². The first-order valence-electron chi connectivity index (χ1n) is 19.2. The van der Waals surface area contributed by atoms with Crippen molar-refractivity contribution in [3.63, 3.8) is 0 Å². The summed E-state index contributed by atoms with van der Waals surface area (Å²) >= 11 is 0. The first-order chi connectivity index (χ1) is 25.2. The number of hydrogen-bond donors (Lipinski definition) is 3. The van der Waals surface area contributed by atoms with Gasteiger partial charge in [0.1, 0.15) is 29.5 Å². The number of aryl methyl sites for hydroxylation is 1. The van der Waals surface area contributed by atoms with Gasteiger partial charge in [-0.05, 0) is 72.6 Å². The molecule has 4 amide bonds. The van der Waals surface area contributed by atoms with Gasteiger partial charge >= 0.3 is 6.09 Å². The van der Waals surface area contributed by atoms with Gasteiger partial charge in [0.15, 0.2) is 0 Å². The number of hydrogen-bond acceptors (Lipinski definition) is 8. The van der Waals surface area contributed by atoms with Gasteiger partial charge in [-0.25, -0.2) is 13.2 Å². The molecule has 0 unspecified atom stereocenters. The van der Waals surface area contributed by atoms with Gasteiger partial charge in [-0.2, -0.15) is 0 Å². The van der Waals surface area contributed by atoms with Crippen molar-refractivity contribution in [2.75, 3.05) is 13.2 Å². The summed E-state index contributed by atoms with van der Waals surface area (Å²) in [5, 5.41) is 5.08. The van der Waals surface area contributed by atoms with Gasteiger partial charge in [0.05, 0.1) is 18.4 Å². The molecule has 1 saturated heterocycles. The maximum atomic E-state index is 14.6. The third-order valence-electron chi connectivity index (χ3n) is 11.1. The van der Waals surface area contributed by atoms with E-state index in [1.165, 1.54) is 4.90 Å². The van der Waals surface area contributed by atoms with E-state index < -0.39 is 68.2 Å². The highest BCUT2D eigenvalue weighted by Crippen LogP contribution is 2.47. The zero-order valence-corrected chi connectivity index (χ0v) is 32.1. The zero-order chi connectivity index (χ0) is 38.0. The van der Waals surface area contributed by atoms with E-state index in [0.717, 1.165) is 48.8 Å². The number of ether oxygens (including phenoxy) is 2. The smallest absolute Gasteiger partial charge is 0.407 e. The van der Waals surface area contributed by atoms with E-state index in [1.54, 1.807) is 0 Å². The molecule has 3 N–H and O–H groups in total. The normalized spacial score (nSPS) is 27.2. The second-order valence-electron chi connectivity index (χ2n) is 16.2. The Labute approximate surface area is 313 Å². The van der Waals surface area contributed by atoms with Crippen molar-refractivity contribution in [3.8, 4) is 16.9 Å². The Morgan fingerprint density at radius 3 is 2.38 bits per heavy atom. The molecule has 12 nitrogen and oxygen atoms in total. The maximum absolute atomic E-state index is 14.6. The molecule has 53 heavy (non-hydrogen) atoms. The van der Waals surface area contributed by atoms with Crippen molar-refractivity contribution in [1.82, 2.24) is 20.3 Å². The minimum Gasteiger partial charge on any atom is -0.488 e. The van der Waals surface area contributed by atoms with Gasteiger partial charge in [0.2, 0.25) is 21.8 Å². The highest BCUT2D eigenvalue weighted by atomic mass is 32.2. The highest BCUT2D eigenvalue weighted by Gasteiger charge is 2.62. The lowest BCUT2D eigenvalue weighted by atomic mass is 9.85. The molecule has 3 fully saturated rings. The minimum atomic E-state index is -3.85. The lowest BCUT2D eigenvalue weighted by molar-refractivity contribution is -0.142. The Kier molecular flexibility index (Phi) is 11.4. The Morgan fingerprint density at radius 2 is 1.70 bits per heavy atom. The topological polar surface area (TPSA) is 160 Å². The molecule has 2 aliphatic carbocycles. The molecule has 0 radical (unpaired) electrons. The third kappa shape index (κ3) is 8.99. The highest BCUT2D eigenvalue weighted by molar-refractivity contribution is 7.91. The molecule has 0 spiro atoms. The molecule has 2 aromatic rings. The summed E-state index contributed by atoms with van der Waals surface area (Å²) in [6.45, 7) is 7.67.